The standard InChI is InChI=1S/C16H14ClN3O/c17-15-13-3-1-2-4-14(13)16(20-19-15)18-10-9-11-5-7-12(21)8-6-11/h1-8,21H,9-10H2,(H,18,20). The van der Waals surface area contributed by atoms with Crippen LogP contribution >= 0.6 is 11.6 Å². The van der Waals surface area contributed by atoms with Crippen molar-refractivity contribution < 1.29 is 5.11 Å². The van der Waals surface area contributed by atoms with Gasteiger partial charge in [0.2, 0.25) is 0 Å². The number of fused-ring (bicyclic) bond motifs is 1. The van der Waals surface area contributed by atoms with E-state index in [1.807, 2.05) is 36.4 Å². The molecule has 4 nitrogen and oxygen atoms in total. The van der Waals surface area contributed by atoms with Gasteiger partial charge in [-0.1, -0.05) is 48.0 Å². The fourth-order valence-electron chi connectivity index (χ4n) is 2.19. The Bertz CT molecular complexity index is 759. The molecule has 0 fully saturated rings. The molecule has 0 radical (unpaired) electrons. The summed E-state index contributed by atoms with van der Waals surface area (Å²) in [4.78, 5) is 0. The van der Waals surface area contributed by atoms with Crippen molar-refractivity contribution >= 4 is 28.2 Å². The molecule has 0 aliphatic heterocycles. The summed E-state index contributed by atoms with van der Waals surface area (Å²) < 4.78 is 0. The van der Waals surface area contributed by atoms with Crippen molar-refractivity contribution in [2.45, 2.75) is 6.42 Å². The van der Waals surface area contributed by atoms with Gasteiger partial charge in [0.05, 0.1) is 0 Å². The van der Waals surface area contributed by atoms with Crippen molar-refractivity contribution in [1.29, 1.82) is 0 Å². The van der Waals surface area contributed by atoms with Crippen molar-refractivity contribution in [2.24, 2.45) is 0 Å². The van der Waals surface area contributed by atoms with E-state index in [1.165, 1.54) is 0 Å². The highest BCUT2D eigenvalue weighted by molar-refractivity contribution is 6.34. The Morgan fingerprint density at radius 1 is 0.952 bits per heavy atom. The summed E-state index contributed by atoms with van der Waals surface area (Å²) in [5.74, 6) is 1.01. The van der Waals surface area contributed by atoms with E-state index in [0.29, 0.717) is 5.15 Å². The summed E-state index contributed by atoms with van der Waals surface area (Å²) in [6.07, 6.45) is 0.832. The molecule has 1 heterocycles. The number of nitrogens with zero attached hydrogens (tertiary/aromatic N) is 2. The molecule has 1 aromatic heterocycles. The molecule has 0 spiro atoms. The highest BCUT2D eigenvalue weighted by Gasteiger charge is 2.06. The first kappa shape index (κ1) is 13.6. The summed E-state index contributed by atoms with van der Waals surface area (Å²) in [5, 5.41) is 22.9. The smallest absolute Gasteiger partial charge is 0.159 e. The van der Waals surface area contributed by atoms with Crippen LogP contribution in [0.15, 0.2) is 48.5 Å². The van der Waals surface area contributed by atoms with Crippen LogP contribution in [0, 0.1) is 0 Å². The average molecular weight is 300 g/mol. The van der Waals surface area contributed by atoms with Gasteiger partial charge in [-0.3, -0.25) is 0 Å². The molecule has 0 bridgehead atoms. The lowest BCUT2D eigenvalue weighted by Crippen LogP contribution is -2.07. The van der Waals surface area contributed by atoms with Crippen LogP contribution in [0.3, 0.4) is 0 Å². The van der Waals surface area contributed by atoms with E-state index in [1.54, 1.807) is 12.1 Å². The summed E-state index contributed by atoms with van der Waals surface area (Å²) in [6.45, 7) is 0.727. The molecular formula is C16H14ClN3O. The number of phenolic OH excluding ortho intramolecular Hbond substituents is 1. The second-order valence-corrected chi connectivity index (χ2v) is 5.09. The Hall–Kier alpha value is -2.33. The highest BCUT2D eigenvalue weighted by atomic mass is 35.5. The quantitative estimate of drug-likeness (QED) is 0.772. The summed E-state index contributed by atoms with van der Waals surface area (Å²) >= 11 is 6.05. The number of phenols is 1. The van der Waals surface area contributed by atoms with Gasteiger partial charge in [-0.2, -0.15) is 0 Å². The molecule has 5 heteroatoms. The van der Waals surface area contributed by atoms with Gasteiger partial charge in [-0.05, 0) is 24.1 Å². The number of aromatic hydroxyl groups is 1. The lowest BCUT2D eigenvalue weighted by atomic mass is 10.1. The Kier molecular flexibility index (Phi) is 3.88. The Morgan fingerprint density at radius 2 is 1.67 bits per heavy atom. The first-order valence-corrected chi connectivity index (χ1v) is 7.04. The van der Waals surface area contributed by atoms with Crippen LogP contribution in [-0.4, -0.2) is 21.8 Å². The number of benzene rings is 2. The number of halogens is 1. The highest BCUT2D eigenvalue weighted by Crippen LogP contribution is 2.25. The van der Waals surface area contributed by atoms with E-state index < -0.39 is 0 Å². The largest absolute Gasteiger partial charge is 0.508 e. The number of hydrogen-bond acceptors (Lipinski definition) is 4. The number of nitrogens with one attached hydrogen (secondary N) is 1. The van der Waals surface area contributed by atoms with E-state index in [4.69, 9.17) is 11.6 Å². The third kappa shape index (κ3) is 3.06. The number of anilines is 1. The molecule has 21 heavy (non-hydrogen) atoms. The van der Waals surface area contributed by atoms with Crippen LogP contribution in [0.4, 0.5) is 5.82 Å². The molecule has 0 unspecified atom stereocenters. The fraction of sp³-hybridized carbons (Fsp3) is 0.125. The zero-order chi connectivity index (χ0) is 14.7. The zero-order valence-electron chi connectivity index (χ0n) is 11.3. The normalized spacial score (nSPS) is 10.7. The number of aromatic nitrogens is 2. The van der Waals surface area contributed by atoms with Crippen LogP contribution in [0.2, 0.25) is 5.15 Å². The lowest BCUT2D eigenvalue weighted by molar-refractivity contribution is 0.475. The summed E-state index contributed by atoms with van der Waals surface area (Å²) in [6, 6.07) is 15.0. The Morgan fingerprint density at radius 3 is 2.43 bits per heavy atom. The molecule has 0 amide bonds. The number of hydrogen-bond donors (Lipinski definition) is 2. The van der Waals surface area contributed by atoms with Crippen molar-refractivity contribution in [3.8, 4) is 5.75 Å². The molecule has 0 saturated carbocycles. The lowest BCUT2D eigenvalue weighted by Gasteiger charge is -2.08. The SMILES string of the molecule is Oc1ccc(CCNc2nnc(Cl)c3ccccc23)cc1. The second kappa shape index (κ2) is 5.97. The molecule has 2 N–H and O–H groups in total. The van der Waals surface area contributed by atoms with Crippen LogP contribution < -0.4 is 5.32 Å². The van der Waals surface area contributed by atoms with Crippen molar-refractivity contribution in [1.82, 2.24) is 10.2 Å². The molecule has 3 aromatic rings. The molecule has 0 saturated heterocycles. The minimum Gasteiger partial charge on any atom is -0.508 e. The van der Waals surface area contributed by atoms with Crippen LogP contribution in [0.25, 0.3) is 10.8 Å². The maximum Gasteiger partial charge on any atom is 0.159 e. The summed E-state index contributed by atoms with van der Waals surface area (Å²) in [5.41, 5.74) is 1.14. The van der Waals surface area contributed by atoms with Crippen LogP contribution in [-0.2, 0) is 6.42 Å². The van der Waals surface area contributed by atoms with Crippen molar-refractivity contribution in [2.75, 3.05) is 11.9 Å². The maximum atomic E-state index is 9.26. The molecule has 0 aliphatic carbocycles. The summed E-state index contributed by atoms with van der Waals surface area (Å²) in [7, 11) is 0. The Balaban J connectivity index is 1.74. The minimum absolute atomic E-state index is 0.279. The van der Waals surface area contributed by atoms with Crippen LogP contribution in [0.1, 0.15) is 5.56 Å². The van der Waals surface area contributed by atoms with E-state index in [0.717, 1.165) is 35.1 Å². The van der Waals surface area contributed by atoms with E-state index >= 15 is 0 Å². The van der Waals surface area contributed by atoms with Gasteiger partial charge in [0.25, 0.3) is 0 Å². The predicted octanol–water partition coefficient (Wildman–Crippen LogP) is 3.64. The van der Waals surface area contributed by atoms with Gasteiger partial charge in [0.15, 0.2) is 11.0 Å². The van der Waals surface area contributed by atoms with Crippen molar-refractivity contribution in [3.63, 3.8) is 0 Å². The fourth-order valence-corrected chi connectivity index (χ4v) is 2.39. The molecule has 106 valence electrons. The van der Waals surface area contributed by atoms with Gasteiger partial charge in [0, 0.05) is 17.3 Å². The van der Waals surface area contributed by atoms with Gasteiger partial charge in [0.1, 0.15) is 5.75 Å². The van der Waals surface area contributed by atoms with Gasteiger partial charge >= 0.3 is 0 Å². The second-order valence-electron chi connectivity index (χ2n) is 4.73. The molecule has 0 atom stereocenters. The average Bonchev–Trinajstić information content (AvgIpc) is 2.52. The predicted molar refractivity (Wildman–Crippen MR) is 84.8 cm³/mol. The molecule has 0 aliphatic rings. The van der Waals surface area contributed by atoms with Crippen molar-refractivity contribution in [3.05, 3.63) is 59.2 Å². The maximum absolute atomic E-state index is 9.26. The molecule has 2 aromatic carbocycles. The molecule has 3 rings (SSSR count). The van der Waals surface area contributed by atoms with Gasteiger partial charge in [-0.25, -0.2) is 0 Å². The van der Waals surface area contributed by atoms with Gasteiger partial charge in [-0.15, -0.1) is 10.2 Å². The van der Waals surface area contributed by atoms with Crippen LogP contribution in [0.5, 0.6) is 5.75 Å². The van der Waals surface area contributed by atoms with Gasteiger partial charge < -0.3 is 10.4 Å². The third-order valence-electron chi connectivity index (χ3n) is 3.28. The van der Waals surface area contributed by atoms with E-state index in [-0.39, 0.29) is 5.75 Å². The third-order valence-corrected chi connectivity index (χ3v) is 3.56. The molecular weight excluding hydrogens is 286 g/mol. The van der Waals surface area contributed by atoms with E-state index in [2.05, 4.69) is 15.5 Å². The topological polar surface area (TPSA) is 58.0 Å². The van der Waals surface area contributed by atoms with E-state index in [9.17, 15) is 5.11 Å². The number of rotatable bonds is 4. The zero-order valence-corrected chi connectivity index (χ0v) is 12.0. The minimum atomic E-state index is 0.279. The Labute approximate surface area is 127 Å². The first-order valence-electron chi connectivity index (χ1n) is 6.67. The first-order chi connectivity index (χ1) is 10.2. The monoisotopic (exact) mass is 299 g/mol.